The van der Waals surface area contributed by atoms with Crippen molar-refractivity contribution in [1.82, 2.24) is 26.3 Å². The van der Waals surface area contributed by atoms with Crippen LogP contribution < -0.4 is 27.0 Å². The van der Waals surface area contributed by atoms with Crippen LogP contribution in [0.3, 0.4) is 0 Å². The van der Waals surface area contributed by atoms with Crippen molar-refractivity contribution >= 4 is 29.6 Å². The molecule has 12 nitrogen and oxygen atoms in total. The Hall–Kier alpha value is -5.88. The van der Waals surface area contributed by atoms with Crippen LogP contribution in [0.4, 0.5) is 0 Å². The maximum atomic E-state index is 14.2. The van der Waals surface area contributed by atoms with E-state index in [0.717, 1.165) is 16.7 Å². The number of carboxylic acids is 1. The zero-order chi connectivity index (χ0) is 36.6. The first-order valence-corrected chi connectivity index (χ1v) is 16.8. The Balaban J connectivity index is 1.63. The number of hydrogen-bond acceptors (Lipinski definition) is 7. The molecule has 0 unspecified atom stereocenters. The molecule has 0 spiro atoms. The minimum absolute atomic E-state index is 0.0747. The average molecular weight is 693 g/mol. The lowest BCUT2D eigenvalue weighted by Gasteiger charge is -2.37. The Morgan fingerprint density at radius 1 is 0.745 bits per heavy atom. The van der Waals surface area contributed by atoms with E-state index in [9.17, 15) is 29.1 Å². The number of carbonyl (C=O) groups excluding carboxylic acids is 4. The molecule has 4 rings (SSSR count). The van der Waals surface area contributed by atoms with E-state index in [2.05, 4.69) is 26.3 Å². The number of benzene rings is 3. The van der Waals surface area contributed by atoms with Crippen molar-refractivity contribution in [3.8, 4) is 0 Å². The van der Waals surface area contributed by atoms with Gasteiger partial charge >= 0.3 is 5.97 Å². The SMILES string of the molecule is CC(=O)NCCCC[C@H](N)C(=O)N[C@@H](CC(=O)NC(c1ccccc1)(c1ccccc1)c1ccccc1)C(=O)N[C@@H](Cc1cccnc1)C(=O)O. The summed E-state index contributed by atoms with van der Waals surface area (Å²) in [5, 5.41) is 21.0. The highest BCUT2D eigenvalue weighted by molar-refractivity contribution is 5.95. The molecule has 266 valence electrons. The molecule has 0 aliphatic carbocycles. The van der Waals surface area contributed by atoms with Gasteiger partial charge in [0, 0.05) is 32.3 Å². The number of amides is 4. The first kappa shape index (κ1) is 37.9. The van der Waals surface area contributed by atoms with E-state index in [1.165, 1.54) is 13.1 Å². The number of nitrogens with zero attached hydrogens (tertiary/aromatic N) is 1. The minimum Gasteiger partial charge on any atom is -0.480 e. The van der Waals surface area contributed by atoms with Gasteiger partial charge < -0.3 is 32.1 Å². The number of unbranched alkanes of at least 4 members (excludes halogenated alkanes) is 1. The van der Waals surface area contributed by atoms with Crippen LogP contribution in [-0.4, -0.2) is 64.4 Å². The molecule has 0 saturated heterocycles. The largest absolute Gasteiger partial charge is 0.480 e. The van der Waals surface area contributed by atoms with Crippen molar-refractivity contribution in [2.45, 2.75) is 62.7 Å². The van der Waals surface area contributed by atoms with E-state index >= 15 is 0 Å². The Labute approximate surface area is 297 Å². The molecule has 7 N–H and O–H groups in total. The van der Waals surface area contributed by atoms with Crippen molar-refractivity contribution in [2.75, 3.05) is 6.54 Å². The van der Waals surface area contributed by atoms with E-state index in [1.54, 1.807) is 18.3 Å². The van der Waals surface area contributed by atoms with Gasteiger partial charge in [-0.15, -0.1) is 0 Å². The molecule has 0 aliphatic rings. The Bertz CT molecular complexity index is 1640. The second kappa shape index (κ2) is 18.8. The van der Waals surface area contributed by atoms with Gasteiger partial charge in [0.05, 0.1) is 12.5 Å². The van der Waals surface area contributed by atoms with Crippen molar-refractivity contribution in [1.29, 1.82) is 0 Å². The molecule has 0 fully saturated rings. The van der Waals surface area contributed by atoms with Crippen LogP contribution in [0, 0.1) is 0 Å². The zero-order valence-electron chi connectivity index (χ0n) is 28.5. The van der Waals surface area contributed by atoms with Crippen LogP contribution in [0.15, 0.2) is 116 Å². The molecule has 0 saturated carbocycles. The van der Waals surface area contributed by atoms with Crippen molar-refractivity contribution < 1.29 is 29.1 Å². The highest BCUT2D eigenvalue weighted by Gasteiger charge is 2.39. The number of aliphatic carboxylic acids is 1. The summed E-state index contributed by atoms with van der Waals surface area (Å²) < 4.78 is 0. The number of aromatic nitrogens is 1. The second-order valence-corrected chi connectivity index (χ2v) is 12.2. The highest BCUT2D eigenvalue weighted by Crippen LogP contribution is 2.37. The summed E-state index contributed by atoms with van der Waals surface area (Å²) in [6, 6.07) is 27.6. The van der Waals surface area contributed by atoms with E-state index in [4.69, 9.17) is 5.73 Å². The van der Waals surface area contributed by atoms with Crippen molar-refractivity contribution in [3.05, 3.63) is 138 Å². The molecule has 0 aliphatic heterocycles. The number of rotatable bonds is 18. The van der Waals surface area contributed by atoms with E-state index < -0.39 is 53.8 Å². The molecule has 4 aromatic rings. The van der Waals surface area contributed by atoms with Crippen LogP contribution in [0.1, 0.15) is 54.9 Å². The first-order chi connectivity index (χ1) is 24.6. The zero-order valence-corrected chi connectivity index (χ0v) is 28.5. The van der Waals surface area contributed by atoms with Gasteiger partial charge in [0.15, 0.2) is 0 Å². The van der Waals surface area contributed by atoms with Crippen LogP contribution in [-0.2, 0) is 35.9 Å². The van der Waals surface area contributed by atoms with Gasteiger partial charge in [0.25, 0.3) is 0 Å². The lowest BCUT2D eigenvalue weighted by Crippen LogP contribution is -2.57. The normalized spacial score (nSPS) is 12.8. The monoisotopic (exact) mass is 692 g/mol. The average Bonchev–Trinajstić information content (AvgIpc) is 3.14. The van der Waals surface area contributed by atoms with Crippen LogP contribution >= 0.6 is 0 Å². The predicted molar refractivity (Wildman–Crippen MR) is 192 cm³/mol. The second-order valence-electron chi connectivity index (χ2n) is 12.2. The molecule has 51 heavy (non-hydrogen) atoms. The van der Waals surface area contributed by atoms with Crippen molar-refractivity contribution in [3.63, 3.8) is 0 Å². The molecule has 4 amide bonds. The summed E-state index contributed by atoms with van der Waals surface area (Å²) in [6.45, 7) is 1.84. The summed E-state index contributed by atoms with van der Waals surface area (Å²) in [7, 11) is 0. The molecule has 0 radical (unpaired) electrons. The third kappa shape index (κ3) is 10.8. The van der Waals surface area contributed by atoms with Gasteiger partial charge in [-0.25, -0.2) is 4.79 Å². The van der Waals surface area contributed by atoms with Gasteiger partial charge in [-0.2, -0.15) is 0 Å². The highest BCUT2D eigenvalue weighted by atomic mass is 16.4. The fraction of sp³-hybridized carbons (Fsp3) is 0.282. The summed E-state index contributed by atoms with van der Waals surface area (Å²) in [5.74, 6) is -3.59. The predicted octanol–water partition coefficient (Wildman–Crippen LogP) is 2.81. The molecular formula is C39H44N6O6. The standard InChI is InChI=1S/C39H44N6O6/c1-27(46)42-23-12-11-21-32(40)36(48)43-33(37(49)44-34(38(50)51)24-28-14-13-22-41-26-28)25-35(47)45-39(29-15-5-2-6-16-29,30-17-7-3-8-18-30)31-19-9-4-10-20-31/h2-10,13-20,22,26,32-34H,11-12,21,23-25,40H2,1H3,(H,42,46)(H,43,48)(H,44,49)(H,45,47)(H,50,51)/t32-,33-,34-/m0/s1. The van der Waals surface area contributed by atoms with Gasteiger partial charge in [0.2, 0.25) is 23.6 Å². The third-order valence-electron chi connectivity index (χ3n) is 8.40. The molecule has 3 atom stereocenters. The lowest BCUT2D eigenvalue weighted by molar-refractivity contribution is -0.142. The number of nitrogens with one attached hydrogen (secondary N) is 4. The first-order valence-electron chi connectivity index (χ1n) is 16.8. The molecule has 12 heteroatoms. The third-order valence-corrected chi connectivity index (χ3v) is 8.40. The number of hydrogen-bond donors (Lipinski definition) is 6. The van der Waals surface area contributed by atoms with Gasteiger partial charge in [0.1, 0.15) is 17.6 Å². The Morgan fingerprint density at radius 3 is 1.78 bits per heavy atom. The molecule has 3 aromatic carbocycles. The van der Waals surface area contributed by atoms with E-state index in [1.807, 2.05) is 91.0 Å². The summed E-state index contributed by atoms with van der Waals surface area (Å²) >= 11 is 0. The smallest absolute Gasteiger partial charge is 0.326 e. The topological polar surface area (TPSA) is 193 Å². The maximum absolute atomic E-state index is 14.2. The summed E-state index contributed by atoms with van der Waals surface area (Å²) in [4.78, 5) is 68.8. The number of carbonyl (C=O) groups is 5. The number of pyridine rings is 1. The molecule has 1 aromatic heterocycles. The van der Waals surface area contributed by atoms with Crippen molar-refractivity contribution in [2.24, 2.45) is 5.73 Å². The molecule has 0 bridgehead atoms. The van der Waals surface area contributed by atoms with Gasteiger partial charge in [-0.1, -0.05) is 97.1 Å². The quantitative estimate of drug-likeness (QED) is 0.0677. The Kier molecular flexibility index (Phi) is 14.0. The van der Waals surface area contributed by atoms with Gasteiger partial charge in [-0.05, 0) is 47.6 Å². The molecular weight excluding hydrogens is 648 g/mol. The van der Waals surface area contributed by atoms with E-state index in [0.29, 0.717) is 24.9 Å². The fourth-order valence-corrected chi connectivity index (χ4v) is 5.83. The fourth-order valence-electron chi connectivity index (χ4n) is 5.83. The number of nitrogens with two attached hydrogens (primary N) is 1. The Morgan fingerprint density at radius 2 is 1.29 bits per heavy atom. The summed E-state index contributed by atoms with van der Waals surface area (Å²) in [5.41, 5.74) is 7.83. The van der Waals surface area contributed by atoms with Crippen LogP contribution in [0.2, 0.25) is 0 Å². The molecule has 1 heterocycles. The maximum Gasteiger partial charge on any atom is 0.326 e. The lowest BCUT2D eigenvalue weighted by atomic mass is 9.77. The summed E-state index contributed by atoms with van der Waals surface area (Å²) in [6.07, 6.45) is 3.80. The van der Waals surface area contributed by atoms with Crippen LogP contribution in [0.5, 0.6) is 0 Å². The van der Waals surface area contributed by atoms with Crippen LogP contribution in [0.25, 0.3) is 0 Å². The number of carboxylic acid groups (broad SMARTS) is 1. The van der Waals surface area contributed by atoms with Gasteiger partial charge in [-0.3, -0.25) is 24.2 Å². The van der Waals surface area contributed by atoms with E-state index in [-0.39, 0.29) is 18.7 Å². The minimum atomic E-state index is -1.47.